The molecule has 0 aliphatic heterocycles. The fourth-order valence-electron chi connectivity index (χ4n) is 4.91. The van der Waals surface area contributed by atoms with Gasteiger partial charge in [-0.1, -0.05) is 88.1 Å². The van der Waals surface area contributed by atoms with E-state index in [-0.39, 0.29) is 17.0 Å². The van der Waals surface area contributed by atoms with Gasteiger partial charge in [-0.2, -0.15) is 0 Å². The molecule has 0 fully saturated rings. The number of halogens is 1. The summed E-state index contributed by atoms with van der Waals surface area (Å²) in [5, 5.41) is 2.54. The molecule has 33 heavy (non-hydrogen) atoms. The van der Waals surface area contributed by atoms with Gasteiger partial charge in [0.05, 0.1) is 32.8 Å². The highest BCUT2D eigenvalue weighted by Crippen LogP contribution is 2.21. The Labute approximate surface area is 215 Å². The van der Waals surface area contributed by atoms with Crippen LogP contribution in [0.1, 0.15) is 97.8 Å². The van der Waals surface area contributed by atoms with Crippen molar-refractivity contribution in [2.24, 2.45) is 0 Å². The van der Waals surface area contributed by atoms with Gasteiger partial charge in [-0.25, -0.2) is 0 Å². The SMILES string of the molecule is CC[N+](CC)(CC)CCCCCCCCCCCCCCOc1ccc2ccccc2c1.[Br-]. The number of quaternary nitrogens is 1. The van der Waals surface area contributed by atoms with E-state index in [4.69, 9.17) is 4.74 Å². The van der Waals surface area contributed by atoms with Crippen LogP contribution < -0.4 is 21.7 Å². The molecule has 3 heteroatoms. The second-order valence-electron chi connectivity index (χ2n) is 9.61. The Bertz CT molecular complexity index is 720. The molecule has 0 aromatic heterocycles. The Hall–Kier alpha value is -1.06. The lowest BCUT2D eigenvalue weighted by molar-refractivity contribution is -0.923. The van der Waals surface area contributed by atoms with Gasteiger partial charge in [0.25, 0.3) is 0 Å². The summed E-state index contributed by atoms with van der Waals surface area (Å²) >= 11 is 0. The number of hydrogen-bond donors (Lipinski definition) is 0. The van der Waals surface area contributed by atoms with Crippen LogP contribution in [0, 0.1) is 0 Å². The quantitative estimate of drug-likeness (QED) is 0.169. The van der Waals surface area contributed by atoms with E-state index >= 15 is 0 Å². The van der Waals surface area contributed by atoms with Gasteiger partial charge in [0.2, 0.25) is 0 Å². The average molecular weight is 521 g/mol. The minimum Gasteiger partial charge on any atom is -1.00 e. The van der Waals surface area contributed by atoms with Gasteiger partial charge in [-0.15, -0.1) is 0 Å². The van der Waals surface area contributed by atoms with E-state index in [9.17, 15) is 0 Å². The summed E-state index contributed by atoms with van der Waals surface area (Å²) in [4.78, 5) is 0. The van der Waals surface area contributed by atoms with Gasteiger partial charge in [0.1, 0.15) is 5.75 Å². The second-order valence-corrected chi connectivity index (χ2v) is 9.61. The molecule has 0 N–H and O–H groups in total. The number of benzene rings is 2. The van der Waals surface area contributed by atoms with Gasteiger partial charge in [-0.3, -0.25) is 0 Å². The molecule has 2 aromatic carbocycles. The summed E-state index contributed by atoms with van der Waals surface area (Å²) in [7, 11) is 0. The maximum absolute atomic E-state index is 5.95. The van der Waals surface area contributed by atoms with Crippen LogP contribution in [0.5, 0.6) is 5.75 Å². The fraction of sp³-hybridized carbons (Fsp3) is 0.667. The third-order valence-corrected chi connectivity index (χ3v) is 7.53. The lowest BCUT2D eigenvalue weighted by Crippen LogP contribution is -3.00. The summed E-state index contributed by atoms with van der Waals surface area (Å²) in [6.45, 7) is 13.2. The highest BCUT2D eigenvalue weighted by atomic mass is 79.9. The van der Waals surface area contributed by atoms with Crippen LogP contribution >= 0.6 is 0 Å². The normalized spacial score (nSPS) is 11.5. The monoisotopic (exact) mass is 519 g/mol. The molecule has 2 nitrogen and oxygen atoms in total. The van der Waals surface area contributed by atoms with Crippen LogP contribution in [0.2, 0.25) is 0 Å². The van der Waals surface area contributed by atoms with E-state index < -0.39 is 0 Å². The van der Waals surface area contributed by atoms with Crippen molar-refractivity contribution in [2.75, 3.05) is 32.8 Å². The van der Waals surface area contributed by atoms with Crippen LogP contribution in [0.4, 0.5) is 0 Å². The van der Waals surface area contributed by atoms with Crippen molar-refractivity contribution in [3.63, 3.8) is 0 Å². The zero-order valence-corrected chi connectivity index (χ0v) is 23.4. The van der Waals surface area contributed by atoms with E-state index in [2.05, 4.69) is 63.2 Å². The summed E-state index contributed by atoms with van der Waals surface area (Å²) in [5.41, 5.74) is 0. The lowest BCUT2D eigenvalue weighted by atomic mass is 10.0. The third-order valence-electron chi connectivity index (χ3n) is 7.53. The van der Waals surface area contributed by atoms with Crippen molar-refractivity contribution in [2.45, 2.75) is 97.8 Å². The zero-order chi connectivity index (χ0) is 22.9. The molecule has 0 saturated heterocycles. The average Bonchev–Trinajstić information content (AvgIpc) is 2.84. The molecule has 0 aliphatic carbocycles. The number of unbranched alkanes of at least 4 members (excludes halogenated alkanes) is 11. The van der Waals surface area contributed by atoms with Gasteiger partial charge >= 0.3 is 0 Å². The summed E-state index contributed by atoms with van der Waals surface area (Å²) in [6, 6.07) is 14.9. The summed E-state index contributed by atoms with van der Waals surface area (Å²) in [5.74, 6) is 1.00. The van der Waals surface area contributed by atoms with Gasteiger partial charge in [0.15, 0.2) is 0 Å². The number of nitrogens with zero attached hydrogens (tertiary/aromatic N) is 1. The molecular formula is C30H50BrNO. The van der Waals surface area contributed by atoms with E-state index in [1.54, 1.807) is 0 Å². The lowest BCUT2D eigenvalue weighted by Gasteiger charge is -2.35. The predicted molar refractivity (Wildman–Crippen MR) is 142 cm³/mol. The topological polar surface area (TPSA) is 9.23 Å². The van der Waals surface area contributed by atoms with Gasteiger partial charge in [-0.05, 0) is 62.9 Å². The number of ether oxygens (including phenoxy) is 1. The zero-order valence-electron chi connectivity index (χ0n) is 21.8. The van der Waals surface area contributed by atoms with Crippen LogP contribution in [0.15, 0.2) is 42.5 Å². The Morgan fingerprint density at radius 1 is 0.576 bits per heavy atom. The van der Waals surface area contributed by atoms with Crippen LogP contribution in [-0.2, 0) is 0 Å². The maximum Gasteiger partial charge on any atom is 0.119 e. The molecule has 0 bridgehead atoms. The Morgan fingerprint density at radius 3 is 1.61 bits per heavy atom. The molecule has 0 heterocycles. The molecule has 0 saturated carbocycles. The Balaban J connectivity index is 0.00000544. The van der Waals surface area contributed by atoms with E-state index in [1.165, 1.54) is 118 Å². The minimum absolute atomic E-state index is 0. The standard InChI is InChI=1S/C30H50NO.BrH/c1-4-31(5-2,6-3)25-19-15-13-11-9-7-8-10-12-14-16-20-26-32-30-24-23-28-21-17-18-22-29(28)27-30;/h17-18,21-24,27H,4-16,19-20,25-26H2,1-3H3;1H/q+1;/p-1. The van der Waals surface area contributed by atoms with E-state index in [1.807, 2.05) is 0 Å². The first kappa shape index (κ1) is 30.0. The van der Waals surface area contributed by atoms with Crippen LogP contribution in [0.3, 0.4) is 0 Å². The number of fused-ring (bicyclic) bond motifs is 1. The van der Waals surface area contributed by atoms with E-state index in [0.29, 0.717) is 0 Å². The predicted octanol–water partition coefficient (Wildman–Crippen LogP) is 5.78. The molecule has 188 valence electrons. The van der Waals surface area contributed by atoms with Crippen LogP contribution in [0.25, 0.3) is 10.8 Å². The van der Waals surface area contributed by atoms with E-state index in [0.717, 1.165) is 12.4 Å². The first-order valence-corrected chi connectivity index (χ1v) is 13.7. The highest BCUT2D eigenvalue weighted by molar-refractivity contribution is 5.83. The molecule has 0 unspecified atom stereocenters. The van der Waals surface area contributed by atoms with Crippen LogP contribution in [-0.4, -0.2) is 37.3 Å². The maximum atomic E-state index is 5.95. The third kappa shape index (κ3) is 11.8. The molecule has 0 atom stereocenters. The molecular weight excluding hydrogens is 470 g/mol. The van der Waals surface area contributed by atoms with Crippen molar-refractivity contribution >= 4 is 10.8 Å². The van der Waals surface area contributed by atoms with Gasteiger partial charge in [0, 0.05) is 0 Å². The Morgan fingerprint density at radius 2 is 1.06 bits per heavy atom. The van der Waals surface area contributed by atoms with Crippen molar-refractivity contribution < 1.29 is 26.2 Å². The second kappa shape index (κ2) is 18.3. The largest absolute Gasteiger partial charge is 1.00 e. The smallest absolute Gasteiger partial charge is 0.119 e. The van der Waals surface area contributed by atoms with Crippen molar-refractivity contribution in [3.05, 3.63) is 42.5 Å². The highest BCUT2D eigenvalue weighted by Gasteiger charge is 2.19. The minimum atomic E-state index is 0. The first-order valence-electron chi connectivity index (χ1n) is 13.7. The molecule has 0 spiro atoms. The van der Waals surface area contributed by atoms with Crippen molar-refractivity contribution in [3.8, 4) is 5.75 Å². The first-order chi connectivity index (χ1) is 15.7. The Kier molecular flexibility index (Phi) is 16.6. The van der Waals surface area contributed by atoms with Crippen molar-refractivity contribution in [1.29, 1.82) is 0 Å². The molecule has 0 aliphatic rings. The molecule has 0 amide bonds. The number of rotatable bonds is 19. The summed E-state index contributed by atoms with van der Waals surface area (Å²) < 4.78 is 7.27. The number of hydrogen-bond acceptors (Lipinski definition) is 1. The fourth-order valence-corrected chi connectivity index (χ4v) is 4.91. The molecule has 2 aromatic rings. The molecule has 0 radical (unpaired) electrons. The van der Waals surface area contributed by atoms with Gasteiger partial charge < -0.3 is 26.2 Å². The summed E-state index contributed by atoms with van der Waals surface area (Å²) in [6.07, 6.45) is 16.6. The van der Waals surface area contributed by atoms with Crippen molar-refractivity contribution in [1.82, 2.24) is 0 Å². The molecule has 2 rings (SSSR count).